The summed E-state index contributed by atoms with van der Waals surface area (Å²) in [5.74, 6) is 13.6. The summed E-state index contributed by atoms with van der Waals surface area (Å²) in [5, 5.41) is 4.90. The minimum atomic E-state index is -0.205. The summed E-state index contributed by atoms with van der Waals surface area (Å²) in [5.41, 5.74) is 15.5. The van der Waals surface area contributed by atoms with Gasteiger partial charge in [-0.05, 0) is 165 Å². The van der Waals surface area contributed by atoms with E-state index < -0.39 is 0 Å². The van der Waals surface area contributed by atoms with Crippen molar-refractivity contribution < 1.29 is 0 Å². The van der Waals surface area contributed by atoms with E-state index in [4.69, 9.17) is 0 Å². The molecule has 0 fully saturated rings. The summed E-state index contributed by atoms with van der Waals surface area (Å²) in [6.45, 7) is 4.67. The first-order chi connectivity index (χ1) is 31.9. The zero-order valence-electron chi connectivity index (χ0n) is 36.3. The molecule has 0 N–H and O–H groups in total. The van der Waals surface area contributed by atoms with E-state index >= 15 is 0 Å². The third-order valence-electron chi connectivity index (χ3n) is 12.6. The van der Waals surface area contributed by atoms with Crippen molar-refractivity contribution in [2.45, 2.75) is 19.3 Å². The number of para-hydroxylation sites is 2. The summed E-state index contributed by atoms with van der Waals surface area (Å²) in [7, 11) is 0. The minimum Gasteiger partial charge on any atom is -0.310 e. The van der Waals surface area contributed by atoms with E-state index in [1.165, 1.54) is 43.8 Å². The molecule has 0 bridgehead atoms. The molecule has 0 unspecified atom stereocenters. The van der Waals surface area contributed by atoms with Crippen LogP contribution in [0.4, 0.5) is 34.1 Å². The first-order valence-electron chi connectivity index (χ1n) is 22.2. The highest BCUT2D eigenvalue weighted by Gasteiger charge is 2.36. The molecule has 0 atom stereocenters. The summed E-state index contributed by atoms with van der Waals surface area (Å²) < 4.78 is 0. The SMILES string of the molecule is CC1(C)c2cc(C#Cc3ccc(C#Cc4ccc(N(c5ccccc5)c5ccc6ccccc6c5)cc4)cc3)ccc2-c2ccc(N(c3ccccc3)c3ccc4ccccc4c3)cc21. The molecule has 11 rings (SSSR count). The Morgan fingerprint density at radius 1 is 0.277 bits per heavy atom. The van der Waals surface area contributed by atoms with Gasteiger partial charge in [-0.25, -0.2) is 0 Å². The maximum absolute atomic E-state index is 3.47. The van der Waals surface area contributed by atoms with Crippen LogP contribution in [-0.4, -0.2) is 0 Å². The van der Waals surface area contributed by atoms with E-state index in [-0.39, 0.29) is 5.41 Å². The predicted molar refractivity (Wildman–Crippen MR) is 273 cm³/mol. The van der Waals surface area contributed by atoms with Gasteiger partial charge in [0.2, 0.25) is 0 Å². The van der Waals surface area contributed by atoms with Crippen molar-refractivity contribution >= 4 is 55.7 Å². The zero-order chi connectivity index (χ0) is 43.7. The largest absolute Gasteiger partial charge is 0.310 e. The maximum atomic E-state index is 3.47. The lowest BCUT2D eigenvalue weighted by atomic mass is 9.82. The van der Waals surface area contributed by atoms with Crippen molar-refractivity contribution in [2.24, 2.45) is 0 Å². The van der Waals surface area contributed by atoms with Crippen molar-refractivity contribution in [2.75, 3.05) is 9.80 Å². The van der Waals surface area contributed by atoms with Crippen LogP contribution in [0.3, 0.4) is 0 Å². The molecule has 2 heteroatoms. The number of benzene rings is 10. The first-order valence-corrected chi connectivity index (χ1v) is 22.2. The van der Waals surface area contributed by atoms with E-state index in [0.29, 0.717) is 0 Å². The standard InChI is InChI=1S/C63H44N2/c1-63(2)61-41-48(31-39-59(61)60-40-38-58(44-62(60)63)65(54-19-7-4-8-20-54)57-37-33-50-14-10-12-16-52(50)43-57)28-27-46-23-21-45(22-24-46)25-26-47-29-34-55(35-30-47)64(53-17-5-3-6-18-53)56-36-32-49-13-9-11-15-51(49)42-56/h3-24,29-44H,1-2H3. The van der Waals surface area contributed by atoms with Crippen molar-refractivity contribution in [3.05, 3.63) is 264 Å². The predicted octanol–water partition coefficient (Wildman–Crippen LogP) is 16.0. The molecule has 10 aromatic rings. The van der Waals surface area contributed by atoms with Crippen molar-refractivity contribution in [1.29, 1.82) is 0 Å². The lowest BCUT2D eigenvalue weighted by Crippen LogP contribution is -2.16. The highest BCUT2D eigenvalue weighted by molar-refractivity contribution is 5.92. The summed E-state index contributed by atoms with van der Waals surface area (Å²) >= 11 is 0. The highest BCUT2D eigenvalue weighted by atomic mass is 15.1. The fraction of sp³-hybridized carbons (Fsp3) is 0.0476. The van der Waals surface area contributed by atoms with E-state index in [9.17, 15) is 0 Å². The van der Waals surface area contributed by atoms with Gasteiger partial charge in [0.05, 0.1) is 0 Å². The second-order valence-electron chi connectivity index (χ2n) is 17.1. The topological polar surface area (TPSA) is 6.48 Å². The van der Waals surface area contributed by atoms with Crippen LogP contribution in [0.2, 0.25) is 0 Å². The van der Waals surface area contributed by atoms with Gasteiger partial charge in [0.1, 0.15) is 0 Å². The summed E-state index contributed by atoms with van der Waals surface area (Å²) in [4.78, 5) is 4.65. The van der Waals surface area contributed by atoms with Gasteiger partial charge < -0.3 is 9.80 Å². The Labute approximate surface area is 381 Å². The van der Waals surface area contributed by atoms with Crippen LogP contribution in [0.25, 0.3) is 32.7 Å². The normalized spacial score (nSPS) is 12.0. The molecule has 2 nitrogen and oxygen atoms in total. The molecule has 0 aliphatic heterocycles. The van der Waals surface area contributed by atoms with E-state index in [2.05, 4.69) is 278 Å². The molecular weight excluding hydrogens is 785 g/mol. The van der Waals surface area contributed by atoms with E-state index in [1.807, 2.05) is 0 Å². The van der Waals surface area contributed by atoms with Crippen LogP contribution < -0.4 is 9.80 Å². The quantitative estimate of drug-likeness (QED) is 0.154. The second-order valence-corrected chi connectivity index (χ2v) is 17.1. The van der Waals surface area contributed by atoms with Crippen LogP contribution in [0, 0.1) is 23.7 Å². The average molecular weight is 829 g/mol. The van der Waals surface area contributed by atoms with Gasteiger partial charge in [-0.1, -0.05) is 147 Å². The van der Waals surface area contributed by atoms with Gasteiger partial charge in [0.25, 0.3) is 0 Å². The van der Waals surface area contributed by atoms with Gasteiger partial charge in [0, 0.05) is 61.8 Å². The molecule has 1 aliphatic carbocycles. The molecule has 1 aliphatic rings. The van der Waals surface area contributed by atoms with Crippen molar-refractivity contribution in [1.82, 2.24) is 0 Å². The maximum Gasteiger partial charge on any atom is 0.0468 e. The van der Waals surface area contributed by atoms with Crippen LogP contribution >= 0.6 is 0 Å². The van der Waals surface area contributed by atoms with Crippen LogP contribution in [0.15, 0.2) is 231 Å². The third kappa shape index (κ3) is 7.70. The Morgan fingerprint density at radius 2 is 0.615 bits per heavy atom. The summed E-state index contributed by atoms with van der Waals surface area (Å²) in [6.07, 6.45) is 0. The highest BCUT2D eigenvalue weighted by Crippen LogP contribution is 2.51. The smallest absolute Gasteiger partial charge is 0.0468 e. The first kappa shape index (κ1) is 39.3. The van der Waals surface area contributed by atoms with Crippen molar-refractivity contribution in [3.8, 4) is 34.8 Å². The number of hydrogen-bond acceptors (Lipinski definition) is 2. The minimum absolute atomic E-state index is 0.205. The molecular formula is C63H44N2. The van der Waals surface area contributed by atoms with Gasteiger partial charge in [0.15, 0.2) is 0 Å². The second kappa shape index (κ2) is 16.6. The third-order valence-corrected chi connectivity index (χ3v) is 12.6. The number of fused-ring (bicyclic) bond motifs is 5. The Morgan fingerprint density at radius 3 is 1.14 bits per heavy atom. The fourth-order valence-corrected chi connectivity index (χ4v) is 9.24. The molecule has 0 heterocycles. The van der Waals surface area contributed by atoms with Gasteiger partial charge >= 0.3 is 0 Å². The molecule has 0 amide bonds. The molecule has 0 spiro atoms. The van der Waals surface area contributed by atoms with Gasteiger partial charge in [-0.3, -0.25) is 0 Å². The van der Waals surface area contributed by atoms with Gasteiger partial charge in [-0.15, -0.1) is 0 Å². The fourth-order valence-electron chi connectivity index (χ4n) is 9.24. The molecule has 0 radical (unpaired) electrons. The van der Waals surface area contributed by atoms with Crippen LogP contribution in [0.1, 0.15) is 47.2 Å². The Bertz CT molecular complexity index is 3510. The Hall–Kier alpha value is -8.56. The van der Waals surface area contributed by atoms with Gasteiger partial charge in [-0.2, -0.15) is 0 Å². The molecule has 0 aromatic heterocycles. The van der Waals surface area contributed by atoms with Crippen LogP contribution in [0.5, 0.6) is 0 Å². The molecule has 0 saturated carbocycles. The monoisotopic (exact) mass is 828 g/mol. The average Bonchev–Trinajstić information content (AvgIpc) is 3.58. The number of hydrogen-bond donors (Lipinski definition) is 0. The Kier molecular flexibility index (Phi) is 10.0. The van der Waals surface area contributed by atoms with E-state index in [1.54, 1.807) is 0 Å². The Balaban J connectivity index is 0.812. The molecule has 65 heavy (non-hydrogen) atoms. The molecule has 0 saturated heterocycles. The molecule has 10 aromatic carbocycles. The van der Waals surface area contributed by atoms with Crippen LogP contribution in [-0.2, 0) is 5.41 Å². The molecule has 306 valence electrons. The number of anilines is 6. The lowest BCUT2D eigenvalue weighted by molar-refractivity contribution is 0.660. The van der Waals surface area contributed by atoms with Crippen molar-refractivity contribution in [3.63, 3.8) is 0 Å². The lowest BCUT2D eigenvalue weighted by Gasteiger charge is -2.28. The zero-order valence-corrected chi connectivity index (χ0v) is 36.3. The van der Waals surface area contributed by atoms with E-state index in [0.717, 1.165) is 56.4 Å². The summed E-state index contributed by atoms with van der Waals surface area (Å²) in [6, 6.07) is 81.9. The number of nitrogens with zero attached hydrogens (tertiary/aromatic N) is 2. The number of rotatable bonds is 6.